The number of benzene rings is 2. The zero-order chi connectivity index (χ0) is 36.9. The number of nitrogens with zero attached hydrogens (tertiary/aromatic N) is 7. The maximum absolute atomic E-state index is 13.8. The quantitative estimate of drug-likeness (QED) is 0.126. The number of nitrogens with one attached hydrogen (secondary N) is 3. The minimum atomic E-state index is -2.75. The Morgan fingerprint density at radius 3 is 2.43 bits per heavy atom. The Morgan fingerprint density at radius 1 is 0.943 bits per heavy atom. The van der Waals surface area contributed by atoms with Gasteiger partial charge in [-0.05, 0) is 72.4 Å². The van der Waals surface area contributed by atoms with E-state index in [0.29, 0.717) is 39.3 Å². The van der Waals surface area contributed by atoms with Gasteiger partial charge in [0, 0.05) is 109 Å². The number of aromatic amines is 1. The van der Waals surface area contributed by atoms with Gasteiger partial charge in [0.25, 0.3) is 0 Å². The van der Waals surface area contributed by atoms with Crippen molar-refractivity contribution in [2.45, 2.75) is 18.8 Å². The highest BCUT2D eigenvalue weighted by molar-refractivity contribution is 9.10. The average Bonchev–Trinajstić information content (AvgIpc) is 3.91. The van der Waals surface area contributed by atoms with Crippen LogP contribution in [0.2, 0.25) is 0 Å². The molecule has 0 amide bonds. The fourth-order valence-electron chi connectivity index (χ4n) is 6.98. The molecule has 8 rings (SSSR count). The monoisotopic (exact) mass is 794 g/mol. The molecule has 13 nitrogen and oxygen atoms in total. The van der Waals surface area contributed by atoms with E-state index in [-0.39, 0.29) is 5.56 Å². The summed E-state index contributed by atoms with van der Waals surface area (Å²) in [6.45, 7) is 6.57. The summed E-state index contributed by atoms with van der Waals surface area (Å²) in [5.41, 5.74) is 7.07. The number of halogens is 1. The summed E-state index contributed by atoms with van der Waals surface area (Å²) in [6, 6.07) is 15.7. The Bertz CT molecular complexity index is 2450. The molecule has 15 heteroatoms. The summed E-state index contributed by atoms with van der Waals surface area (Å²) in [7, 11) is 0.797. The second-order valence-corrected chi connectivity index (χ2v) is 17.9. The lowest BCUT2D eigenvalue weighted by Crippen LogP contribution is -2.47. The molecule has 272 valence electrons. The SMILES string of the molecule is COc1cc(N2CCN(c3cc[nH]c(=O)c3)CC2)c(-c2cnn(C)c2)cc1Nc1ncc(Br)c(Nc2ccc3nc(C4CC4)ccc3c2P(C)(C)=O)n1. The van der Waals surface area contributed by atoms with Crippen molar-refractivity contribution in [3.05, 3.63) is 93.8 Å². The third kappa shape index (κ3) is 7.25. The highest BCUT2D eigenvalue weighted by atomic mass is 79.9. The maximum atomic E-state index is 13.8. The standard InChI is InChI=1S/C38H40BrN10O3P/c1-47-22-24(20-42-47)27-18-32(34(52-2)19-33(27)49-15-13-48(14-16-49)25-11-12-40-35(50)17-25)45-38-41-21-28(39)37(46-38)44-31-10-9-30-26(36(31)53(3,4)51)7-8-29(43-30)23-5-6-23/h7-12,17-23H,5-6,13-16H2,1-4H3,(H,40,50)(H2,41,44,45,46). The molecule has 5 heterocycles. The molecule has 0 radical (unpaired) electrons. The zero-order valence-electron chi connectivity index (χ0n) is 29.9. The Labute approximate surface area is 315 Å². The Hall–Kier alpha value is -5.20. The van der Waals surface area contributed by atoms with Crippen molar-refractivity contribution in [3.8, 4) is 16.9 Å². The van der Waals surface area contributed by atoms with Crippen LogP contribution < -0.4 is 36.0 Å². The van der Waals surface area contributed by atoms with Crippen molar-refractivity contribution in [2.24, 2.45) is 7.05 Å². The van der Waals surface area contributed by atoms with E-state index in [0.717, 1.165) is 70.6 Å². The minimum absolute atomic E-state index is 0.111. The molecule has 2 aromatic carbocycles. The summed E-state index contributed by atoms with van der Waals surface area (Å²) in [5, 5.41) is 12.9. The number of aromatic nitrogens is 6. The molecule has 1 saturated carbocycles. The highest BCUT2D eigenvalue weighted by Gasteiger charge is 2.27. The predicted octanol–water partition coefficient (Wildman–Crippen LogP) is 6.82. The van der Waals surface area contributed by atoms with Gasteiger partial charge in [0.2, 0.25) is 11.5 Å². The van der Waals surface area contributed by atoms with Crippen LogP contribution in [0.4, 0.5) is 34.5 Å². The molecule has 2 aliphatic rings. The molecule has 4 aromatic heterocycles. The maximum Gasteiger partial charge on any atom is 0.249 e. The van der Waals surface area contributed by atoms with Gasteiger partial charge in [-0.15, -0.1) is 0 Å². The van der Waals surface area contributed by atoms with Gasteiger partial charge < -0.3 is 34.7 Å². The number of hydrogen-bond acceptors (Lipinski definition) is 11. The van der Waals surface area contributed by atoms with Crippen molar-refractivity contribution >= 4 is 73.8 Å². The highest BCUT2D eigenvalue weighted by Crippen LogP contribution is 2.44. The van der Waals surface area contributed by atoms with Gasteiger partial charge in [-0.3, -0.25) is 14.5 Å². The van der Waals surface area contributed by atoms with Gasteiger partial charge in [-0.1, -0.05) is 6.07 Å². The Balaban J connectivity index is 1.10. The van der Waals surface area contributed by atoms with E-state index < -0.39 is 7.14 Å². The molecule has 0 spiro atoms. The van der Waals surface area contributed by atoms with Gasteiger partial charge in [0.05, 0.1) is 34.7 Å². The lowest BCUT2D eigenvalue weighted by atomic mass is 10.0. The summed E-state index contributed by atoms with van der Waals surface area (Å²) >= 11 is 3.62. The van der Waals surface area contributed by atoms with E-state index >= 15 is 0 Å². The summed E-state index contributed by atoms with van der Waals surface area (Å²) in [4.78, 5) is 33.5. The first-order valence-electron chi connectivity index (χ1n) is 17.5. The molecule has 3 N–H and O–H groups in total. The number of ether oxygens (including phenoxy) is 1. The summed E-state index contributed by atoms with van der Waals surface area (Å²) in [5.74, 6) is 2.01. The number of piperazine rings is 1. The Kier molecular flexibility index (Phi) is 9.20. The fourth-order valence-corrected chi connectivity index (χ4v) is 8.75. The van der Waals surface area contributed by atoms with Crippen molar-refractivity contribution in [2.75, 3.05) is 67.1 Å². The lowest BCUT2D eigenvalue weighted by molar-refractivity contribution is 0.416. The molecule has 2 fully saturated rings. The molecule has 0 bridgehead atoms. The van der Waals surface area contributed by atoms with E-state index in [1.54, 1.807) is 43.6 Å². The fraction of sp³-hybridized carbons (Fsp3) is 0.289. The van der Waals surface area contributed by atoms with E-state index in [9.17, 15) is 9.36 Å². The van der Waals surface area contributed by atoms with Crippen LogP contribution >= 0.6 is 23.1 Å². The Morgan fingerprint density at radius 2 is 1.74 bits per heavy atom. The lowest BCUT2D eigenvalue weighted by Gasteiger charge is -2.38. The third-order valence-corrected chi connectivity index (χ3v) is 11.9. The van der Waals surface area contributed by atoms with Crippen LogP contribution in [0.5, 0.6) is 5.75 Å². The van der Waals surface area contributed by atoms with Gasteiger partial charge >= 0.3 is 0 Å². The molecule has 1 saturated heterocycles. The first kappa shape index (κ1) is 34.9. The second kappa shape index (κ2) is 14.0. The van der Waals surface area contributed by atoms with Gasteiger partial charge in [0.1, 0.15) is 18.7 Å². The van der Waals surface area contributed by atoms with Crippen molar-refractivity contribution in [1.82, 2.24) is 29.7 Å². The van der Waals surface area contributed by atoms with E-state index in [1.165, 1.54) is 12.8 Å². The molecule has 53 heavy (non-hydrogen) atoms. The number of H-pyrrole nitrogens is 1. The molecule has 1 aliphatic heterocycles. The van der Waals surface area contributed by atoms with Crippen LogP contribution in [0, 0.1) is 0 Å². The van der Waals surface area contributed by atoms with Crippen LogP contribution in [0.1, 0.15) is 24.5 Å². The number of aryl methyl sites for hydroxylation is 1. The van der Waals surface area contributed by atoms with Crippen molar-refractivity contribution in [1.29, 1.82) is 0 Å². The largest absolute Gasteiger partial charge is 0.494 e. The van der Waals surface area contributed by atoms with E-state index in [2.05, 4.69) is 63.6 Å². The second-order valence-electron chi connectivity index (χ2n) is 13.9. The van der Waals surface area contributed by atoms with Gasteiger partial charge in [-0.2, -0.15) is 10.1 Å². The third-order valence-electron chi connectivity index (χ3n) is 9.72. The average molecular weight is 796 g/mol. The van der Waals surface area contributed by atoms with Crippen LogP contribution in [-0.2, 0) is 11.6 Å². The molecule has 0 unspecified atom stereocenters. The molecular weight excluding hydrogens is 755 g/mol. The van der Waals surface area contributed by atoms with Crippen LogP contribution in [-0.4, -0.2) is 76.3 Å². The number of methoxy groups -OCH3 is 1. The number of pyridine rings is 2. The van der Waals surface area contributed by atoms with Gasteiger partial charge in [0.15, 0.2) is 0 Å². The van der Waals surface area contributed by atoms with Crippen molar-refractivity contribution < 1.29 is 9.30 Å². The first-order chi connectivity index (χ1) is 25.5. The van der Waals surface area contributed by atoms with Crippen molar-refractivity contribution in [3.63, 3.8) is 0 Å². The first-order valence-corrected chi connectivity index (χ1v) is 20.9. The predicted molar refractivity (Wildman–Crippen MR) is 216 cm³/mol. The molecule has 6 aromatic rings. The molecule has 0 atom stereocenters. The number of anilines is 6. The van der Waals surface area contributed by atoms with Gasteiger partial charge in [-0.25, -0.2) is 4.98 Å². The zero-order valence-corrected chi connectivity index (χ0v) is 32.4. The summed E-state index contributed by atoms with van der Waals surface area (Å²) in [6.07, 6.45) is 9.55. The number of hydrogen-bond donors (Lipinski definition) is 3. The minimum Gasteiger partial charge on any atom is -0.494 e. The van der Waals surface area contributed by atoms with Crippen LogP contribution in [0.3, 0.4) is 0 Å². The van der Waals surface area contributed by atoms with E-state index in [1.807, 2.05) is 49.8 Å². The van der Waals surface area contributed by atoms with Crippen LogP contribution in [0.25, 0.3) is 22.0 Å². The smallest absolute Gasteiger partial charge is 0.249 e. The normalized spacial score (nSPS) is 14.8. The number of rotatable bonds is 10. The summed E-state index contributed by atoms with van der Waals surface area (Å²) < 4.78 is 22.1. The van der Waals surface area contributed by atoms with E-state index in [4.69, 9.17) is 14.7 Å². The van der Waals surface area contributed by atoms with Crippen LogP contribution in [0.15, 0.2) is 82.6 Å². The topological polar surface area (TPSA) is 146 Å². The molecule has 1 aliphatic carbocycles. The molecular formula is C38H40BrN10O3P. The number of fused-ring (bicyclic) bond motifs is 1.